The summed E-state index contributed by atoms with van der Waals surface area (Å²) in [5, 5.41) is 2.16. The van der Waals surface area contributed by atoms with E-state index in [0.29, 0.717) is 23.3 Å². The van der Waals surface area contributed by atoms with Crippen molar-refractivity contribution >= 4 is 38.6 Å². The topological polar surface area (TPSA) is 52.1 Å². The zero-order valence-electron chi connectivity index (χ0n) is 19.1. The van der Waals surface area contributed by atoms with Gasteiger partial charge in [0.2, 0.25) is 0 Å². The van der Waals surface area contributed by atoms with Gasteiger partial charge in [-0.1, -0.05) is 37.6 Å². The molecule has 1 aliphatic heterocycles. The van der Waals surface area contributed by atoms with Crippen molar-refractivity contribution in [2.45, 2.75) is 58.5 Å². The van der Waals surface area contributed by atoms with Gasteiger partial charge < -0.3 is 4.74 Å². The van der Waals surface area contributed by atoms with Gasteiger partial charge in [0.1, 0.15) is 11.4 Å². The number of hydrogen-bond acceptors (Lipinski definition) is 4. The third kappa shape index (κ3) is 2.78. The van der Waals surface area contributed by atoms with Gasteiger partial charge in [-0.05, 0) is 63.6 Å². The highest BCUT2D eigenvalue weighted by molar-refractivity contribution is 6.11. The number of fused-ring (bicyclic) bond motifs is 9. The van der Waals surface area contributed by atoms with Crippen LogP contribution in [0.15, 0.2) is 42.5 Å². The zero-order valence-corrected chi connectivity index (χ0v) is 19.1. The van der Waals surface area contributed by atoms with E-state index >= 15 is 0 Å². The highest BCUT2D eigenvalue weighted by Crippen LogP contribution is 2.56. The van der Waals surface area contributed by atoms with Crippen molar-refractivity contribution in [3.63, 3.8) is 0 Å². The fourth-order valence-electron chi connectivity index (χ4n) is 6.11. The van der Waals surface area contributed by atoms with Gasteiger partial charge >= 0.3 is 0 Å². The molecule has 3 aromatic carbocycles. The van der Waals surface area contributed by atoms with Crippen LogP contribution in [0.3, 0.4) is 0 Å². The molecule has 0 saturated heterocycles. The minimum Gasteiger partial charge on any atom is -0.487 e. The largest absolute Gasteiger partial charge is 0.487 e. The summed E-state index contributed by atoms with van der Waals surface area (Å²) in [6, 6.07) is 14.0. The summed E-state index contributed by atoms with van der Waals surface area (Å²) in [6.45, 7) is 8.45. The molecule has 3 atom stereocenters. The molecule has 6 rings (SSSR count). The molecule has 1 fully saturated rings. The number of hydrogen-bond donors (Lipinski definition) is 0. The lowest BCUT2D eigenvalue weighted by atomic mass is 9.64. The Labute approximate surface area is 188 Å². The molecule has 0 N–H and O–H groups in total. The first kappa shape index (κ1) is 19.7. The van der Waals surface area contributed by atoms with Crippen LogP contribution >= 0.6 is 0 Å². The fraction of sp³-hybridized carbons (Fsp3) is 0.393. The highest BCUT2D eigenvalue weighted by atomic mass is 16.5. The van der Waals surface area contributed by atoms with Crippen molar-refractivity contribution in [1.29, 1.82) is 0 Å². The first-order valence-corrected chi connectivity index (χ1v) is 11.7. The Morgan fingerprint density at radius 1 is 1.00 bits per heavy atom. The molecule has 4 heteroatoms. The van der Waals surface area contributed by atoms with Crippen LogP contribution in [-0.2, 0) is 0 Å². The number of ether oxygens (including phenoxy) is 1. The fourth-order valence-corrected chi connectivity index (χ4v) is 6.11. The summed E-state index contributed by atoms with van der Waals surface area (Å²) < 4.78 is 6.80. The summed E-state index contributed by atoms with van der Waals surface area (Å²) >= 11 is 0. The van der Waals surface area contributed by atoms with Crippen LogP contribution < -0.4 is 4.74 Å². The molecular weight excluding hydrogens is 396 g/mol. The first-order chi connectivity index (χ1) is 15.3. The molecule has 0 spiro atoms. The molecule has 0 amide bonds. The molecule has 2 heterocycles. The highest BCUT2D eigenvalue weighted by Gasteiger charge is 2.47. The molecule has 0 unspecified atom stereocenters. The number of nitrogens with zero attached hydrogens (tertiary/aromatic N) is 2. The van der Waals surface area contributed by atoms with E-state index in [9.17, 15) is 4.79 Å². The average Bonchev–Trinajstić information content (AvgIpc) is 2.77. The number of benzene rings is 3. The van der Waals surface area contributed by atoms with Crippen molar-refractivity contribution in [3.05, 3.63) is 53.6 Å². The maximum atomic E-state index is 11.9. The first-order valence-electron chi connectivity index (χ1n) is 11.7. The molecule has 0 bridgehead atoms. The number of Topliss-reactive ketones (excluding diaryl/α,β-unsaturated/α-hetero) is 1. The quantitative estimate of drug-likeness (QED) is 0.191. The van der Waals surface area contributed by atoms with Crippen molar-refractivity contribution < 1.29 is 9.53 Å². The van der Waals surface area contributed by atoms with E-state index in [4.69, 9.17) is 14.7 Å². The summed E-state index contributed by atoms with van der Waals surface area (Å²) in [5.41, 5.74) is 5.15. The predicted octanol–water partition coefficient (Wildman–Crippen LogP) is 6.83. The second-order valence-corrected chi connectivity index (χ2v) is 10.3. The second kappa shape index (κ2) is 6.74. The third-order valence-corrected chi connectivity index (χ3v) is 7.74. The molecule has 2 aliphatic rings. The van der Waals surface area contributed by atoms with Gasteiger partial charge in [-0.25, -0.2) is 9.97 Å². The lowest BCUT2D eigenvalue weighted by Gasteiger charge is -2.49. The van der Waals surface area contributed by atoms with E-state index in [0.717, 1.165) is 45.0 Å². The Bertz CT molecular complexity index is 1420. The Morgan fingerprint density at radius 2 is 1.75 bits per heavy atom. The van der Waals surface area contributed by atoms with E-state index in [1.807, 2.05) is 24.3 Å². The van der Waals surface area contributed by atoms with Crippen LogP contribution in [0.25, 0.3) is 32.8 Å². The SMILES string of the molecule is CC(=O)c1ccc2nc3c4c(c5ccccc5c3nc2c1)OC(C)(C)[C@H]1CC[C@H](C)C[C@H]41. The predicted molar refractivity (Wildman–Crippen MR) is 129 cm³/mol. The molecule has 0 radical (unpaired) electrons. The van der Waals surface area contributed by atoms with Crippen molar-refractivity contribution in [2.24, 2.45) is 11.8 Å². The van der Waals surface area contributed by atoms with Crippen LogP contribution in [-0.4, -0.2) is 21.4 Å². The maximum Gasteiger partial charge on any atom is 0.159 e. The molecule has 1 aliphatic carbocycles. The van der Waals surface area contributed by atoms with Crippen LogP contribution in [0, 0.1) is 11.8 Å². The average molecular weight is 425 g/mol. The monoisotopic (exact) mass is 424 g/mol. The van der Waals surface area contributed by atoms with E-state index < -0.39 is 0 Å². The molecule has 162 valence electrons. The van der Waals surface area contributed by atoms with E-state index in [-0.39, 0.29) is 11.4 Å². The molecule has 4 aromatic rings. The summed E-state index contributed by atoms with van der Waals surface area (Å²) in [4.78, 5) is 22.2. The Kier molecular flexibility index (Phi) is 4.14. The van der Waals surface area contributed by atoms with Gasteiger partial charge in [-0.3, -0.25) is 4.79 Å². The number of carbonyl (C=O) groups excluding carboxylic acids is 1. The normalized spacial score (nSPS) is 24.2. The van der Waals surface area contributed by atoms with Crippen LogP contribution in [0.5, 0.6) is 5.75 Å². The number of carbonyl (C=O) groups is 1. The maximum absolute atomic E-state index is 11.9. The minimum absolute atomic E-state index is 0.0405. The van der Waals surface area contributed by atoms with Crippen molar-refractivity contribution in [3.8, 4) is 5.75 Å². The van der Waals surface area contributed by atoms with Gasteiger partial charge in [0.15, 0.2) is 5.78 Å². The zero-order chi connectivity index (χ0) is 22.2. The minimum atomic E-state index is -0.213. The Hall–Kier alpha value is -3.01. The van der Waals surface area contributed by atoms with E-state index in [1.165, 1.54) is 18.4 Å². The second-order valence-electron chi connectivity index (χ2n) is 10.3. The van der Waals surface area contributed by atoms with Crippen molar-refractivity contribution in [1.82, 2.24) is 9.97 Å². The van der Waals surface area contributed by atoms with Crippen LogP contribution in [0.4, 0.5) is 0 Å². The lowest BCUT2D eigenvalue weighted by molar-refractivity contribution is -0.0115. The third-order valence-electron chi connectivity index (χ3n) is 7.74. The Balaban J connectivity index is 1.74. The molecule has 32 heavy (non-hydrogen) atoms. The van der Waals surface area contributed by atoms with Gasteiger partial charge in [0, 0.05) is 27.8 Å². The molecule has 1 saturated carbocycles. The smallest absolute Gasteiger partial charge is 0.159 e. The number of aromatic nitrogens is 2. The lowest BCUT2D eigenvalue weighted by Crippen LogP contribution is -2.46. The van der Waals surface area contributed by atoms with Crippen molar-refractivity contribution in [2.75, 3.05) is 0 Å². The van der Waals surface area contributed by atoms with Gasteiger partial charge in [-0.2, -0.15) is 0 Å². The summed E-state index contributed by atoms with van der Waals surface area (Å²) in [6.07, 6.45) is 3.58. The van der Waals surface area contributed by atoms with E-state index in [1.54, 1.807) is 6.92 Å². The van der Waals surface area contributed by atoms with Gasteiger partial charge in [0.25, 0.3) is 0 Å². The molecule has 1 aromatic heterocycles. The van der Waals surface area contributed by atoms with Crippen LogP contribution in [0.2, 0.25) is 0 Å². The summed E-state index contributed by atoms with van der Waals surface area (Å²) in [7, 11) is 0. The Morgan fingerprint density at radius 3 is 2.53 bits per heavy atom. The number of ketones is 1. The standard InChI is InChI=1S/C28H28N2O2/c1-15-9-11-21-20(13-15)24-26-25(30-23-14-17(16(2)31)10-12-22(23)29-26)18-7-5-6-8-19(18)27(24)32-28(21,3)4/h5-8,10,12,14-15,20-21H,9,11,13H2,1-4H3/t15-,20-,21-/m0/s1. The van der Waals surface area contributed by atoms with E-state index in [2.05, 4.69) is 39.0 Å². The van der Waals surface area contributed by atoms with Gasteiger partial charge in [0.05, 0.1) is 22.1 Å². The summed E-state index contributed by atoms with van der Waals surface area (Å²) in [5.74, 6) is 2.59. The molecular formula is C28H28N2O2. The van der Waals surface area contributed by atoms with Crippen LogP contribution in [0.1, 0.15) is 68.8 Å². The molecule has 4 nitrogen and oxygen atoms in total. The number of rotatable bonds is 1. The van der Waals surface area contributed by atoms with Gasteiger partial charge in [-0.15, -0.1) is 0 Å².